The summed E-state index contributed by atoms with van der Waals surface area (Å²) in [5, 5.41) is 12.2. The van der Waals surface area contributed by atoms with E-state index in [1.54, 1.807) is 29.0 Å². The first-order chi connectivity index (χ1) is 18.0. The van der Waals surface area contributed by atoms with Crippen molar-refractivity contribution >= 4 is 28.4 Å². The number of aromatic amines is 1. The smallest absolute Gasteiger partial charge is 0.269 e. The van der Waals surface area contributed by atoms with E-state index in [-0.39, 0.29) is 30.6 Å². The van der Waals surface area contributed by atoms with Gasteiger partial charge in [-0.1, -0.05) is 36.4 Å². The van der Waals surface area contributed by atoms with E-state index in [2.05, 4.69) is 4.98 Å². The number of aromatic nitrogens is 1. The Hall–Kier alpha value is -4.66. The Bertz CT molecular complexity index is 1540. The molecule has 1 N–H and O–H groups in total. The molecule has 3 aromatic carbocycles. The van der Waals surface area contributed by atoms with Crippen molar-refractivity contribution in [3.8, 4) is 5.75 Å². The first kappa shape index (κ1) is 22.8. The molecule has 0 radical (unpaired) electrons. The number of amides is 2. The molecule has 0 spiro atoms. The lowest BCUT2D eigenvalue weighted by Gasteiger charge is -2.47. The molecule has 186 valence electrons. The van der Waals surface area contributed by atoms with Gasteiger partial charge < -0.3 is 19.5 Å². The molecule has 0 unspecified atom stereocenters. The summed E-state index contributed by atoms with van der Waals surface area (Å²) in [4.78, 5) is 45.1. The van der Waals surface area contributed by atoms with Crippen LogP contribution >= 0.6 is 0 Å². The number of hydrogen-bond acceptors (Lipinski definition) is 5. The predicted molar refractivity (Wildman–Crippen MR) is 136 cm³/mol. The van der Waals surface area contributed by atoms with Gasteiger partial charge in [0.15, 0.2) is 0 Å². The number of methoxy groups -OCH3 is 1. The SMILES string of the molecule is COc1ccccc1CN1CC(=O)N2[C@H](c3ccc([N+](=O)[O-])cc3)c3[nH]c4ccccc4c3C[C@@H]2C1=O. The van der Waals surface area contributed by atoms with Gasteiger partial charge in [0.05, 0.1) is 18.1 Å². The van der Waals surface area contributed by atoms with Crippen molar-refractivity contribution in [2.75, 3.05) is 13.7 Å². The van der Waals surface area contributed by atoms with Crippen molar-refractivity contribution < 1.29 is 19.2 Å². The maximum absolute atomic E-state index is 13.9. The number of rotatable bonds is 5. The monoisotopic (exact) mass is 496 g/mol. The maximum atomic E-state index is 13.9. The first-order valence-corrected chi connectivity index (χ1v) is 12.0. The number of para-hydroxylation sites is 2. The Labute approximate surface area is 212 Å². The zero-order valence-electron chi connectivity index (χ0n) is 20.1. The number of carbonyl (C=O) groups is 2. The molecular formula is C28H24N4O5. The van der Waals surface area contributed by atoms with Crippen LogP contribution in [0.15, 0.2) is 72.8 Å². The summed E-state index contributed by atoms with van der Waals surface area (Å²) in [6, 6.07) is 20.3. The third-order valence-corrected chi connectivity index (χ3v) is 7.32. The molecule has 0 bridgehead atoms. The molecule has 2 atom stereocenters. The van der Waals surface area contributed by atoms with E-state index < -0.39 is 17.0 Å². The quantitative estimate of drug-likeness (QED) is 0.332. The lowest BCUT2D eigenvalue weighted by Crippen LogP contribution is -2.62. The van der Waals surface area contributed by atoms with Crippen LogP contribution in [-0.2, 0) is 22.6 Å². The van der Waals surface area contributed by atoms with E-state index >= 15 is 0 Å². The zero-order chi connectivity index (χ0) is 25.7. The van der Waals surface area contributed by atoms with Crippen LogP contribution in [0, 0.1) is 10.1 Å². The van der Waals surface area contributed by atoms with E-state index in [0.717, 1.165) is 27.7 Å². The van der Waals surface area contributed by atoms with Gasteiger partial charge in [-0.3, -0.25) is 19.7 Å². The fourth-order valence-electron chi connectivity index (χ4n) is 5.62. The predicted octanol–water partition coefficient (Wildman–Crippen LogP) is 3.97. The molecule has 1 saturated heterocycles. The van der Waals surface area contributed by atoms with Crippen LogP contribution < -0.4 is 4.74 Å². The topological polar surface area (TPSA) is 109 Å². The summed E-state index contributed by atoms with van der Waals surface area (Å²) in [5.41, 5.74) is 4.26. The normalized spacial score (nSPS) is 19.1. The van der Waals surface area contributed by atoms with Gasteiger partial charge in [0.2, 0.25) is 11.8 Å². The zero-order valence-corrected chi connectivity index (χ0v) is 20.1. The summed E-state index contributed by atoms with van der Waals surface area (Å²) in [6.45, 7) is 0.203. The van der Waals surface area contributed by atoms with Crippen molar-refractivity contribution in [3.63, 3.8) is 0 Å². The molecule has 1 fully saturated rings. The van der Waals surface area contributed by atoms with Crippen LogP contribution in [0.1, 0.15) is 28.4 Å². The van der Waals surface area contributed by atoms with Crippen LogP contribution in [0.5, 0.6) is 5.75 Å². The van der Waals surface area contributed by atoms with Gasteiger partial charge in [0.1, 0.15) is 18.3 Å². The summed E-state index contributed by atoms with van der Waals surface area (Å²) in [6.07, 6.45) is 0.385. The van der Waals surface area contributed by atoms with E-state index in [9.17, 15) is 19.7 Å². The average molecular weight is 497 g/mol. The minimum atomic E-state index is -0.692. The second kappa shape index (κ2) is 8.77. The second-order valence-electron chi connectivity index (χ2n) is 9.34. The number of fused-ring (bicyclic) bond motifs is 4. The third-order valence-electron chi connectivity index (χ3n) is 7.32. The Morgan fingerprint density at radius 3 is 2.51 bits per heavy atom. The van der Waals surface area contributed by atoms with E-state index in [1.807, 2.05) is 48.5 Å². The number of piperazine rings is 1. The van der Waals surface area contributed by atoms with Crippen LogP contribution in [0.25, 0.3) is 10.9 Å². The number of nitro groups is 1. The van der Waals surface area contributed by atoms with Crippen molar-refractivity contribution in [2.45, 2.75) is 25.0 Å². The van der Waals surface area contributed by atoms with Gasteiger partial charge in [0, 0.05) is 47.3 Å². The average Bonchev–Trinajstić information content (AvgIpc) is 3.29. The number of nitrogens with one attached hydrogen (secondary N) is 1. The molecule has 2 amide bonds. The highest BCUT2D eigenvalue weighted by atomic mass is 16.6. The third kappa shape index (κ3) is 3.70. The standard InChI is InChI=1S/C28H24N4O5/c1-37-24-9-5-2-6-18(24)15-30-16-25(33)31-23(28(30)34)14-21-20-7-3-4-8-22(20)29-26(21)27(31)17-10-12-19(13-11-17)32(35)36/h2-13,23,27,29H,14-16H2,1H3/t23-,27-/m1/s1. The lowest BCUT2D eigenvalue weighted by atomic mass is 9.86. The van der Waals surface area contributed by atoms with Crippen LogP contribution in [0.4, 0.5) is 5.69 Å². The van der Waals surface area contributed by atoms with Crippen molar-refractivity contribution in [1.29, 1.82) is 0 Å². The molecule has 3 heterocycles. The van der Waals surface area contributed by atoms with Gasteiger partial charge in [-0.15, -0.1) is 0 Å². The van der Waals surface area contributed by atoms with Crippen molar-refractivity contribution in [2.24, 2.45) is 0 Å². The Morgan fingerprint density at radius 1 is 1.03 bits per heavy atom. The molecule has 37 heavy (non-hydrogen) atoms. The Kier molecular flexibility index (Phi) is 5.40. The molecule has 0 aliphatic carbocycles. The number of H-pyrrole nitrogens is 1. The summed E-state index contributed by atoms with van der Waals surface area (Å²) >= 11 is 0. The highest BCUT2D eigenvalue weighted by Gasteiger charge is 2.48. The van der Waals surface area contributed by atoms with Gasteiger partial charge in [-0.2, -0.15) is 0 Å². The van der Waals surface area contributed by atoms with Gasteiger partial charge in [-0.25, -0.2) is 0 Å². The minimum absolute atomic E-state index is 0.0305. The minimum Gasteiger partial charge on any atom is -0.496 e. The molecule has 9 heteroatoms. The Balaban J connectivity index is 1.44. The van der Waals surface area contributed by atoms with E-state index in [0.29, 0.717) is 17.7 Å². The van der Waals surface area contributed by atoms with Crippen LogP contribution in [-0.4, -0.2) is 51.2 Å². The number of nitrogens with zero attached hydrogens (tertiary/aromatic N) is 3. The number of benzene rings is 3. The van der Waals surface area contributed by atoms with Gasteiger partial charge in [0.25, 0.3) is 5.69 Å². The number of hydrogen-bond donors (Lipinski definition) is 1. The summed E-state index contributed by atoms with van der Waals surface area (Å²) in [7, 11) is 1.58. The molecule has 1 aromatic heterocycles. The second-order valence-corrected chi connectivity index (χ2v) is 9.34. The lowest BCUT2D eigenvalue weighted by molar-refractivity contribution is -0.384. The molecule has 6 rings (SSSR count). The first-order valence-electron chi connectivity index (χ1n) is 12.0. The van der Waals surface area contributed by atoms with Crippen molar-refractivity contribution in [3.05, 3.63) is 105 Å². The molecule has 2 aliphatic heterocycles. The highest BCUT2D eigenvalue weighted by molar-refractivity contribution is 5.97. The van der Waals surface area contributed by atoms with Gasteiger partial charge >= 0.3 is 0 Å². The number of carbonyl (C=O) groups excluding carboxylic acids is 2. The fraction of sp³-hybridized carbons (Fsp3) is 0.214. The summed E-state index contributed by atoms with van der Waals surface area (Å²) in [5.74, 6) is 0.358. The number of ether oxygens (including phenoxy) is 1. The highest BCUT2D eigenvalue weighted by Crippen LogP contribution is 2.43. The molecule has 0 saturated carbocycles. The van der Waals surface area contributed by atoms with Crippen molar-refractivity contribution in [1.82, 2.24) is 14.8 Å². The van der Waals surface area contributed by atoms with Crippen LogP contribution in [0.2, 0.25) is 0 Å². The van der Waals surface area contributed by atoms with Crippen LogP contribution in [0.3, 0.4) is 0 Å². The molecule has 4 aromatic rings. The largest absolute Gasteiger partial charge is 0.496 e. The van der Waals surface area contributed by atoms with E-state index in [4.69, 9.17) is 4.74 Å². The number of non-ortho nitro benzene ring substituents is 1. The molecular weight excluding hydrogens is 472 g/mol. The maximum Gasteiger partial charge on any atom is 0.269 e. The fourth-order valence-corrected chi connectivity index (χ4v) is 5.62. The van der Waals surface area contributed by atoms with Gasteiger partial charge in [-0.05, 0) is 35.4 Å². The van der Waals surface area contributed by atoms with E-state index in [1.165, 1.54) is 12.1 Å². The summed E-state index contributed by atoms with van der Waals surface area (Å²) < 4.78 is 5.46. The molecule has 9 nitrogen and oxygen atoms in total. The number of nitro benzene ring substituents is 1. The molecule has 2 aliphatic rings. The Morgan fingerprint density at radius 2 is 1.76 bits per heavy atom.